The molecule has 0 aromatic carbocycles. The molecule has 6 nitrogen and oxygen atoms in total. The molecule has 142 valence electrons. The summed E-state index contributed by atoms with van der Waals surface area (Å²) < 4.78 is 7.91. The van der Waals surface area contributed by atoms with Crippen molar-refractivity contribution in [2.24, 2.45) is 5.41 Å². The molecule has 1 aliphatic carbocycles. The predicted octanol–water partition coefficient (Wildman–Crippen LogP) is 2.93. The van der Waals surface area contributed by atoms with Crippen molar-refractivity contribution in [1.29, 1.82) is 0 Å². The van der Waals surface area contributed by atoms with Gasteiger partial charge in [-0.25, -0.2) is 9.97 Å². The molecule has 3 heterocycles. The zero-order valence-electron chi connectivity index (χ0n) is 16.5. The zero-order valence-corrected chi connectivity index (χ0v) is 17.5. The van der Waals surface area contributed by atoms with E-state index < -0.39 is 8.07 Å². The van der Waals surface area contributed by atoms with E-state index in [1.165, 1.54) is 18.9 Å². The van der Waals surface area contributed by atoms with Crippen LogP contribution in [0.3, 0.4) is 0 Å². The number of nitrogens with zero attached hydrogens (tertiary/aromatic N) is 4. The number of rotatable bonds is 7. The van der Waals surface area contributed by atoms with Gasteiger partial charge in [0, 0.05) is 45.4 Å². The van der Waals surface area contributed by atoms with Crippen LogP contribution in [0.4, 0.5) is 5.82 Å². The summed E-state index contributed by atoms with van der Waals surface area (Å²) in [7, 11) is 1.02. The molecule has 0 amide bonds. The molecule has 1 N–H and O–H groups in total. The van der Waals surface area contributed by atoms with Crippen LogP contribution in [0.15, 0.2) is 18.5 Å². The molecule has 1 saturated heterocycles. The van der Waals surface area contributed by atoms with Crippen LogP contribution in [0.25, 0.3) is 11.2 Å². The number of ether oxygens (including phenoxy) is 1. The molecular formula is C19H31N5OSi. The van der Waals surface area contributed by atoms with Crippen LogP contribution in [0.2, 0.25) is 25.7 Å². The third-order valence-corrected chi connectivity index (χ3v) is 7.53. The van der Waals surface area contributed by atoms with Gasteiger partial charge in [-0.1, -0.05) is 19.6 Å². The summed E-state index contributed by atoms with van der Waals surface area (Å²) in [5, 5.41) is 3.38. The Hall–Kier alpha value is -1.44. The lowest BCUT2D eigenvalue weighted by atomic mass is 9.61. The lowest BCUT2D eigenvalue weighted by Crippen LogP contribution is -2.66. The first-order chi connectivity index (χ1) is 12.4. The minimum absolute atomic E-state index is 0.528. The van der Waals surface area contributed by atoms with Crippen molar-refractivity contribution in [3.05, 3.63) is 18.5 Å². The molecule has 4 rings (SSSR count). The fourth-order valence-electron chi connectivity index (χ4n) is 4.12. The lowest BCUT2D eigenvalue weighted by molar-refractivity contribution is 0.0516. The monoisotopic (exact) mass is 373 g/mol. The van der Waals surface area contributed by atoms with Crippen LogP contribution in [0.5, 0.6) is 0 Å². The first-order valence-corrected chi connectivity index (χ1v) is 13.4. The zero-order chi connectivity index (χ0) is 18.4. The summed E-state index contributed by atoms with van der Waals surface area (Å²) in [6.45, 7) is 10.7. The van der Waals surface area contributed by atoms with Gasteiger partial charge in [-0.05, 0) is 32.0 Å². The molecule has 1 saturated carbocycles. The maximum absolute atomic E-state index is 5.86. The minimum Gasteiger partial charge on any atom is -0.361 e. The van der Waals surface area contributed by atoms with Crippen molar-refractivity contribution in [2.75, 3.05) is 31.6 Å². The van der Waals surface area contributed by atoms with Crippen molar-refractivity contribution < 1.29 is 4.74 Å². The molecule has 2 aliphatic rings. The molecule has 1 spiro atoms. The first kappa shape index (κ1) is 17.9. The number of hydrogen-bond acceptors (Lipinski definition) is 5. The molecule has 2 aromatic heterocycles. The molecule has 7 heteroatoms. The van der Waals surface area contributed by atoms with Crippen LogP contribution in [0, 0.1) is 5.41 Å². The lowest BCUT2D eigenvalue weighted by Gasteiger charge is -2.59. The molecule has 2 aromatic rings. The van der Waals surface area contributed by atoms with Crippen LogP contribution in [-0.4, -0.2) is 55.4 Å². The predicted molar refractivity (Wildman–Crippen MR) is 108 cm³/mol. The summed E-state index contributed by atoms with van der Waals surface area (Å²) >= 11 is 0. The molecule has 1 aliphatic heterocycles. The van der Waals surface area contributed by atoms with Gasteiger partial charge in [-0.2, -0.15) is 0 Å². The summed E-state index contributed by atoms with van der Waals surface area (Å²) in [6.07, 6.45) is 6.54. The van der Waals surface area contributed by atoms with E-state index in [4.69, 9.17) is 9.72 Å². The number of nitrogens with one attached hydrogen (secondary N) is 1. The SMILES string of the molecule is CNC1CC2(C1)CN(c1cnc3c(ccn3COCC[Si](C)(C)C)n1)C2. The van der Waals surface area contributed by atoms with E-state index >= 15 is 0 Å². The second kappa shape index (κ2) is 6.62. The number of hydrogen-bond donors (Lipinski definition) is 1. The normalized spacial score (nSPS) is 19.8. The first-order valence-electron chi connectivity index (χ1n) is 9.69. The summed E-state index contributed by atoms with van der Waals surface area (Å²) in [4.78, 5) is 11.9. The highest BCUT2D eigenvalue weighted by molar-refractivity contribution is 6.76. The van der Waals surface area contributed by atoms with Gasteiger partial charge in [0.1, 0.15) is 18.1 Å². The van der Waals surface area contributed by atoms with Gasteiger partial charge < -0.3 is 19.5 Å². The maximum Gasteiger partial charge on any atom is 0.160 e. The van der Waals surface area contributed by atoms with Gasteiger partial charge in [-0.15, -0.1) is 0 Å². The highest BCUT2D eigenvalue weighted by Gasteiger charge is 2.52. The summed E-state index contributed by atoms with van der Waals surface area (Å²) in [5.74, 6) is 1.01. The Kier molecular flexibility index (Phi) is 4.57. The van der Waals surface area contributed by atoms with Crippen LogP contribution >= 0.6 is 0 Å². The largest absolute Gasteiger partial charge is 0.361 e. The second-order valence-corrected chi connectivity index (χ2v) is 14.9. The number of aromatic nitrogens is 3. The van der Waals surface area contributed by atoms with Crippen molar-refractivity contribution in [2.45, 2.75) is 51.3 Å². The smallest absolute Gasteiger partial charge is 0.160 e. The van der Waals surface area contributed by atoms with Crippen molar-refractivity contribution in [3.63, 3.8) is 0 Å². The number of fused-ring (bicyclic) bond motifs is 1. The molecule has 0 unspecified atom stereocenters. The molecule has 0 atom stereocenters. The topological polar surface area (TPSA) is 55.2 Å². The fourth-order valence-corrected chi connectivity index (χ4v) is 4.88. The quantitative estimate of drug-likeness (QED) is 0.597. The van der Waals surface area contributed by atoms with Crippen molar-refractivity contribution >= 4 is 25.1 Å². The van der Waals surface area contributed by atoms with Crippen LogP contribution in [0.1, 0.15) is 12.8 Å². The third-order valence-electron chi connectivity index (χ3n) is 5.82. The van der Waals surface area contributed by atoms with Gasteiger partial charge >= 0.3 is 0 Å². The van der Waals surface area contributed by atoms with Crippen molar-refractivity contribution in [1.82, 2.24) is 19.9 Å². The third kappa shape index (κ3) is 3.52. The molecule has 26 heavy (non-hydrogen) atoms. The van der Waals surface area contributed by atoms with Crippen LogP contribution < -0.4 is 10.2 Å². The standard InChI is InChI=1S/C19H31N5OSi/c1-20-15-9-19(10-15)12-24(13-19)17-11-21-18-16(22-17)5-6-23(18)14-25-7-8-26(2,3)4/h5-6,11,15,20H,7-10,12-14H2,1-4H3. The van der Waals surface area contributed by atoms with Gasteiger partial charge in [0.15, 0.2) is 5.65 Å². The van der Waals surface area contributed by atoms with E-state index in [0.717, 1.165) is 36.7 Å². The van der Waals surface area contributed by atoms with E-state index in [9.17, 15) is 0 Å². The minimum atomic E-state index is -1.04. The van der Waals surface area contributed by atoms with Gasteiger partial charge in [0.05, 0.1) is 6.20 Å². The van der Waals surface area contributed by atoms with E-state index in [0.29, 0.717) is 18.2 Å². The number of anilines is 1. The van der Waals surface area contributed by atoms with Gasteiger partial charge in [-0.3, -0.25) is 0 Å². The summed E-state index contributed by atoms with van der Waals surface area (Å²) in [5.41, 5.74) is 2.40. The Balaban J connectivity index is 1.34. The molecule has 2 fully saturated rings. The molecule has 0 radical (unpaired) electrons. The Morgan fingerprint density at radius 1 is 1.31 bits per heavy atom. The van der Waals surface area contributed by atoms with Gasteiger partial charge in [0.2, 0.25) is 0 Å². The maximum atomic E-state index is 5.86. The molecular weight excluding hydrogens is 342 g/mol. The van der Waals surface area contributed by atoms with E-state index in [-0.39, 0.29) is 0 Å². The Morgan fingerprint density at radius 3 is 2.77 bits per heavy atom. The Morgan fingerprint density at radius 2 is 2.08 bits per heavy atom. The highest BCUT2D eigenvalue weighted by atomic mass is 28.3. The van der Waals surface area contributed by atoms with Crippen LogP contribution in [-0.2, 0) is 11.5 Å². The average molecular weight is 374 g/mol. The second-order valence-electron chi connectivity index (χ2n) is 9.32. The van der Waals surface area contributed by atoms with Gasteiger partial charge in [0.25, 0.3) is 0 Å². The van der Waals surface area contributed by atoms with E-state index in [2.05, 4.69) is 46.5 Å². The van der Waals surface area contributed by atoms with E-state index in [1.54, 1.807) is 0 Å². The van der Waals surface area contributed by atoms with Crippen molar-refractivity contribution in [3.8, 4) is 0 Å². The Bertz CT molecular complexity index is 770. The Labute approximate surface area is 157 Å². The molecule has 0 bridgehead atoms. The summed E-state index contributed by atoms with van der Waals surface area (Å²) in [6, 6.07) is 3.94. The fraction of sp³-hybridized carbons (Fsp3) is 0.684. The highest BCUT2D eigenvalue weighted by Crippen LogP contribution is 2.49. The van der Waals surface area contributed by atoms with E-state index in [1.807, 2.05) is 18.5 Å². The average Bonchev–Trinajstić information content (AvgIpc) is 2.91.